The molecule has 1 aliphatic heterocycles. The van der Waals surface area contributed by atoms with E-state index in [1.54, 1.807) is 0 Å². The lowest BCUT2D eigenvalue weighted by Crippen LogP contribution is -2.39. The van der Waals surface area contributed by atoms with Gasteiger partial charge >= 0.3 is 0 Å². The highest BCUT2D eigenvalue weighted by Crippen LogP contribution is 2.41. The van der Waals surface area contributed by atoms with Crippen molar-refractivity contribution in [2.24, 2.45) is 5.41 Å². The number of halogens is 1. The van der Waals surface area contributed by atoms with Gasteiger partial charge in [-0.3, -0.25) is 0 Å². The van der Waals surface area contributed by atoms with Crippen LogP contribution in [-0.2, 0) is 10.3 Å². The van der Waals surface area contributed by atoms with Gasteiger partial charge < -0.3 is 10.1 Å². The second kappa shape index (κ2) is 10.4. The number of hydrogen-bond acceptors (Lipinski definition) is 3. The predicted molar refractivity (Wildman–Crippen MR) is 154 cm³/mol. The van der Waals surface area contributed by atoms with Gasteiger partial charge in [-0.2, -0.15) is 0 Å². The molecule has 190 valence electrons. The van der Waals surface area contributed by atoms with Crippen molar-refractivity contribution in [1.82, 2.24) is 4.98 Å². The van der Waals surface area contributed by atoms with Gasteiger partial charge in [0.1, 0.15) is 11.8 Å². The highest BCUT2D eigenvalue weighted by molar-refractivity contribution is 6.31. The smallest absolute Gasteiger partial charge is 0.148 e. The van der Waals surface area contributed by atoms with E-state index in [2.05, 4.69) is 96.3 Å². The van der Waals surface area contributed by atoms with Crippen LogP contribution in [0.25, 0.3) is 10.9 Å². The Morgan fingerprint density at radius 3 is 2.64 bits per heavy atom. The van der Waals surface area contributed by atoms with E-state index in [4.69, 9.17) is 21.3 Å². The standard InChI is InChI=1S/C32H39ClN2O/c1-21(13-15-26-23(3)12-9-17-31(26,4)5)10-8-11-22(2)18-29-34-28-20-24-19-25(33)14-16-27(24)35-30(28)32(6,7)36-29/h8,10-11,13-16,18-20,29,34H,9,12,17H2,1-7H3/b11-8+,15-13+,21-10+,22-18+. The monoisotopic (exact) mass is 502 g/mol. The van der Waals surface area contributed by atoms with E-state index < -0.39 is 5.60 Å². The molecule has 1 unspecified atom stereocenters. The van der Waals surface area contributed by atoms with Gasteiger partial charge in [-0.1, -0.05) is 72.5 Å². The van der Waals surface area contributed by atoms with Crippen LogP contribution in [0.1, 0.15) is 73.4 Å². The Bertz CT molecular complexity index is 1310. The molecule has 4 heteroatoms. The molecule has 0 saturated heterocycles. The number of pyridine rings is 1. The fraction of sp³-hybridized carbons (Fsp3) is 0.406. The van der Waals surface area contributed by atoms with Gasteiger partial charge in [0, 0.05) is 10.4 Å². The molecule has 1 aromatic heterocycles. The number of ether oxygens (including phenoxy) is 1. The van der Waals surface area contributed by atoms with Crippen LogP contribution >= 0.6 is 11.6 Å². The number of hydrogen-bond donors (Lipinski definition) is 1. The Morgan fingerprint density at radius 2 is 1.89 bits per heavy atom. The summed E-state index contributed by atoms with van der Waals surface area (Å²) in [6.07, 6.45) is 16.6. The molecule has 2 heterocycles. The minimum absolute atomic E-state index is 0.246. The van der Waals surface area contributed by atoms with Gasteiger partial charge in [0.25, 0.3) is 0 Å². The Hall–Kier alpha value is -2.62. The van der Waals surface area contributed by atoms with Crippen molar-refractivity contribution in [3.63, 3.8) is 0 Å². The van der Waals surface area contributed by atoms with Gasteiger partial charge in [-0.25, -0.2) is 4.98 Å². The Labute approximate surface area is 221 Å². The van der Waals surface area contributed by atoms with Gasteiger partial charge in [0.15, 0.2) is 0 Å². The van der Waals surface area contributed by atoms with E-state index in [9.17, 15) is 0 Å². The first-order chi connectivity index (χ1) is 16.9. The number of allylic oxidation sites excluding steroid dienone is 9. The molecule has 1 aromatic carbocycles. The molecule has 0 amide bonds. The summed E-state index contributed by atoms with van der Waals surface area (Å²) in [4.78, 5) is 4.86. The second-order valence-corrected chi connectivity index (χ2v) is 11.8. The summed E-state index contributed by atoms with van der Waals surface area (Å²) >= 11 is 6.20. The van der Waals surface area contributed by atoms with Crippen LogP contribution in [0.2, 0.25) is 5.02 Å². The van der Waals surface area contributed by atoms with Crippen molar-refractivity contribution in [2.75, 3.05) is 5.32 Å². The van der Waals surface area contributed by atoms with Crippen molar-refractivity contribution in [3.8, 4) is 0 Å². The van der Waals surface area contributed by atoms with Crippen LogP contribution in [-0.4, -0.2) is 11.2 Å². The molecule has 36 heavy (non-hydrogen) atoms. The molecule has 1 aliphatic carbocycles. The zero-order chi connectivity index (χ0) is 26.1. The second-order valence-electron chi connectivity index (χ2n) is 11.4. The summed E-state index contributed by atoms with van der Waals surface area (Å²) < 4.78 is 6.36. The maximum absolute atomic E-state index is 6.36. The minimum Gasteiger partial charge on any atom is -0.355 e. The topological polar surface area (TPSA) is 34.2 Å². The van der Waals surface area contributed by atoms with Crippen molar-refractivity contribution < 1.29 is 4.74 Å². The van der Waals surface area contributed by atoms with Gasteiger partial charge in [0.05, 0.1) is 16.9 Å². The van der Waals surface area contributed by atoms with Gasteiger partial charge in [-0.05, 0) is 95.2 Å². The third-order valence-electron chi connectivity index (χ3n) is 7.25. The number of rotatable bonds is 5. The van der Waals surface area contributed by atoms with Crippen molar-refractivity contribution in [2.45, 2.75) is 79.6 Å². The molecular weight excluding hydrogens is 464 g/mol. The van der Waals surface area contributed by atoms with Crippen molar-refractivity contribution >= 4 is 28.2 Å². The summed E-state index contributed by atoms with van der Waals surface area (Å²) in [7, 11) is 0. The first kappa shape index (κ1) is 26.4. The number of benzene rings is 1. The average Bonchev–Trinajstić information content (AvgIpc) is 2.76. The largest absolute Gasteiger partial charge is 0.355 e. The summed E-state index contributed by atoms with van der Waals surface area (Å²) in [5.74, 6) is 0. The van der Waals surface area contributed by atoms with Crippen molar-refractivity contribution in [1.29, 1.82) is 0 Å². The first-order valence-electron chi connectivity index (χ1n) is 12.9. The molecule has 3 nitrogen and oxygen atoms in total. The maximum atomic E-state index is 6.36. The van der Waals surface area contributed by atoms with Gasteiger partial charge in [-0.15, -0.1) is 0 Å². The zero-order valence-electron chi connectivity index (χ0n) is 22.7. The van der Waals surface area contributed by atoms with Gasteiger partial charge in [0.2, 0.25) is 0 Å². The van der Waals surface area contributed by atoms with E-state index in [1.807, 2.05) is 18.2 Å². The Balaban J connectivity index is 1.47. The number of aromatic nitrogens is 1. The minimum atomic E-state index is -0.513. The SMILES string of the molecule is CC1=C(/C=C/C(C)=C/C=C/C(C)=C/C2Nc3cc4cc(Cl)ccc4nc3C(C)(C)O2)C(C)(C)CCC1. The molecule has 1 N–H and O–H groups in total. The Morgan fingerprint density at radius 1 is 1.11 bits per heavy atom. The molecular formula is C32H39ClN2O. The lowest BCUT2D eigenvalue weighted by Gasteiger charge is -2.37. The lowest BCUT2D eigenvalue weighted by atomic mass is 9.72. The zero-order valence-corrected chi connectivity index (χ0v) is 23.5. The molecule has 0 saturated carbocycles. The third kappa shape index (κ3) is 6.02. The van der Waals surface area contributed by atoms with E-state index in [0.717, 1.165) is 27.9 Å². The van der Waals surface area contributed by atoms with Crippen LogP contribution in [0, 0.1) is 5.41 Å². The summed E-state index contributed by atoms with van der Waals surface area (Å²) in [6.45, 7) is 15.4. The molecule has 0 bridgehead atoms. The number of anilines is 1. The van der Waals surface area contributed by atoms with E-state index in [1.165, 1.54) is 36.0 Å². The average molecular weight is 503 g/mol. The molecule has 2 aliphatic rings. The lowest BCUT2D eigenvalue weighted by molar-refractivity contribution is -0.0544. The van der Waals surface area contributed by atoms with Crippen LogP contribution in [0.5, 0.6) is 0 Å². The van der Waals surface area contributed by atoms with Crippen LogP contribution in [0.3, 0.4) is 0 Å². The molecule has 1 atom stereocenters. The molecule has 0 spiro atoms. The van der Waals surface area contributed by atoms with E-state index in [-0.39, 0.29) is 11.6 Å². The van der Waals surface area contributed by atoms with E-state index >= 15 is 0 Å². The summed E-state index contributed by atoms with van der Waals surface area (Å²) in [5, 5.41) is 5.22. The maximum Gasteiger partial charge on any atom is 0.148 e. The molecule has 0 radical (unpaired) electrons. The fourth-order valence-electron chi connectivity index (χ4n) is 5.27. The predicted octanol–water partition coefficient (Wildman–Crippen LogP) is 9.42. The number of fused-ring (bicyclic) bond motifs is 2. The first-order valence-corrected chi connectivity index (χ1v) is 13.3. The summed E-state index contributed by atoms with van der Waals surface area (Å²) in [6, 6.07) is 7.88. The molecule has 2 aromatic rings. The normalized spacial score (nSPS) is 22.4. The molecule has 0 fully saturated rings. The van der Waals surface area contributed by atoms with Crippen LogP contribution < -0.4 is 5.32 Å². The number of nitrogens with zero attached hydrogens (tertiary/aromatic N) is 1. The van der Waals surface area contributed by atoms with Crippen molar-refractivity contribution in [3.05, 3.63) is 93.7 Å². The summed E-state index contributed by atoms with van der Waals surface area (Å²) in [5.41, 5.74) is 7.95. The van der Waals surface area contributed by atoms with Crippen LogP contribution in [0.15, 0.2) is 83.0 Å². The van der Waals surface area contributed by atoms with Crippen LogP contribution in [0.4, 0.5) is 5.69 Å². The van der Waals surface area contributed by atoms with E-state index in [0.29, 0.717) is 5.02 Å². The quantitative estimate of drug-likeness (QED) is 0.413. The Kier molecular flexibility index (Phi) is 7.64. The highest BCUT2D eigenvalue weighted by Gasteiger charge is 2.34. The fourth-order valence-corrected chi connectivity index (χ4v) is 5.46. The molecule has 4 rings (SSSR count). The number of nitrogens with one attached hydrogen (secondary N) is 1. The highest BCUT2D eigenvalue weighted by atomic mass is 35.5. The third-order valence-corrected chi connectivity index (χ3v) is 7.49.